The van der Waals surface area contributed by atoms with E-state index in [1.807, 2.05) is 0 Å². The van der Waals surface area contributed by atoms with Gasteiger partial charge in [-0.3, -0.25) is 0 Å². The molecular formula is C52H35N. The average molecular weight is 704 g/mol. The van der Waals surface area contributed by atoms with Gasteiger partial charge in [-0.1, -0.05) is 163 Å². The van der Waals surface area contributed by atoms with Gasteiger partial charge in [0.25, 0.3) is 0 Å². The summed E-state index contributed by atoms with van der Waals surface area (Å²) in [6.07, 6.45) is 0. The molecule has 0 aromatic heterocycles. The number of fused-ring (bicyclic) bond motifs is 6. The van der Waals surface area contributed by atoms with Gasteiger partial charge < -0.3 is 4.90 Å². The van der Waals surface area contributed by atoms with Gasteiger partial charge >= 0.3 is 0 Å². The summed E-state index contributed by atoms with van der Waals surface area (Å²) in [7, 11) is 0. The van der Waals surface area contributed by atoms with Crippen LogP contribution in [-0.4, -0.2) is 0 Å². The Bertz CT molecular complexity index is 4430. The fourth-order valence-electron chi connectivity index (χ4n) is 6.01. The van der Waals surface area contributed by atoms with Crippen LogP contribution in [0.25, 0.3) is 76.5 Å². The SMILES string of the molecule is [2H]c1cc(N(c2ccc(-c3c([2H])c4c([2H])c([2H])c([2H])c([2H])c4c4c([2H])c([2H])c([2H])c([2H])c34)c([2H])c2[2H])c2ccc(-c3c([2H])c4c([2H])c([2H])c([2H])c([2H])c4c4c([2H])c([2H])c([2H])c([2H])c34)c([2H])c2[2H])c([2H])c([2H])c1-c1c([2H])c([2H])c([2H])c([2H])c1[2H]. The maximum Gasteiger partial charge on any atom is 0.0645 e. The number of rotatable bonds is 6. The second kappa shape index (κ2) is 13.0. The van der Waals surface area contributed by atoms with Crippen molar-refractivity contribution < 1.29 is 41.1 Å². The zero-order valence-electron chi connectivity index (χ0n) is 56.8. The van der Waals surface area contributed by atoms with Crippen LogP contribution in [0.15, 0.2) is 212 Å². The molecule has 0 bridgehead atoms. The molecule has 1 nitrogen and oxygen atoms in total. The molecular weight excluding hydrogens is 639 g/mol. The van der Waals surface area contributed by atoms with Gasteiger partial charge in [-0.05, 0) is 125 Å². The standard InChI is InChI=1S/C52H35N/c1-2-12-36(13-3-1)37-22-28-42(29-23-37)53(43-30-24-38(25-31-43)51-34-40-14-4-6-16-45(40)47-18-8-10-20-49(47)51)44-32-26-39(27-33-44)52-35-41-15-5-7-17-46(41)48-19-9-11-21-50(48)52/h1-35H/i1D,2D,3D,4D,5D,6D,7D,8D,9D,10D,11D,12D,13D,14D,15D,16D,17D,18D,19D,20D,21D,22D,23D,24D,26D,28D,30D,32D,34D,35D. The van der Waals surface area contributed by atoms with Crippen LogP contribution >= 0.6 is 0 Å². The minimum absolute atomic E-state index is 0.422. The summed E-state index contributed by atoms with van der Waals surface area (Å²) in [5, 5.41) is -3.70. The number of hydrogen-bond acceptors (Lipinski definition) is 1. The Morgan fingerprint density at radius 1 is 0.283 bits per heavy atom. The lowest BCUT2D eigenvalue weighted by Crippen LogP contribution is -2.09. The quantitative estimate of drug-likeness (QED) is 0.156. The molecule has 0 N–H and O–H groups in total. The molecule has 0 heterocycles. The topological polar surface area (TPSA) is 3.24 Å². The Labute approximate surface area is 351 Å². The van der Waals surface area contributed by atoms with Crippen LogP contribution in [0.4, 0.5) is 17.1 Å². The number of hydrogen-bond donors (Lipinski definition) is 0. The maximum absolute atomic E-state index is 9.70. The summed E-state index contributed by atoms with van der Waals surface area (Å²) in [6.45, 7) is 0. The molecule has 10 aromatic carbocycles. The highest BCUT2D eigenvalue weighted by molar-refractivity contribution is 6.15. The third-order valence-electron chi connectivity index (χ3n) is 8.40. The van der Waals surface area contributed by atoms with Gasteiger partial charge in [0.15, 0.2) is 0 Å². The van der Waals surface area contributed by atoms with Crippen LogP contribution < -0.4 is 4.90 Å². The fourth-order valence-corrected chi connectivity index (χ4v) is 6.01. The van der Waals surface area contributed by atoms with Crippen LogP contribution in [-0.2, 0) is 0 Å². The van der Waals surface area contributed by atoms with Gasteiger partial charge in [0.2, 0.25) is 0 Å². The second-order valence-corrected chi connectivity index (χ2v) is 11.4. The van der Waals surface area contributed by atoms with E-state index in [0.29, 0.717) is 0 Å². The van der Waals surface area contributed by atoms with E-state index < -0.39 is 275 Å². The molecule has 1 heteroatoms. The molecule has 0 spiro atoms. The van der Waals surface area contributed by atoms with E-state index in [-0.39, 0.29) is 0 Å². The average Bonchev–Trinajstić information content (AvgIpc) is 0.997. The highest BCUT2D eigenvalue weighted by Crippen LogP contribution is 2.41. The monoisotopic (exact) mass is 703 g/mol. The van der Waals surface area contributed by atoms with Crippen molar-refractivity contribution in [2.24, 2.45) is 0 Å². The lowest BCUT2D eigenvalue weighted by Gasteiger charge is -2.26. The summed E-state index contributed by atoms with van der Waals surface area (Å²) in [5.41, 5.74) is -4.67. The minimum atomic E-state index is -0.931. The third-order valence-corrected chi connectivity index (χ3v) is 8.40. The van der Waals surface area contributed by atoms with Crippen LogP contribution in [0.3, 0.4) is 0 Å². The van der Waals surface area contributed by atoms with Crippen LogP contribution in [0.5, 0.6) is 0 Å². The van der Waals surface area contributed by atoms with E-state index in [4.69, 9.17) is 28.8 Å². The van der Waals surface area contributed by atoms with E-state index in [1.165, 1.54) is 0 Å². The van der Waals surface area contributed by atoms with Crippen LogP contribution in [0, 0.1) is 0 Å². The Kier molecular flexibility index (Phi) is 3.16. The molecule has 10 rings (SSSR count). The van der Waals surface area contributed by atoms with Gasteiger partial charge in [-0.25, -0.2) is 0 Å². The number of benzene rings is 10. The molecule has 0 radical (unpaired) electrons. The maximum atomic E-state index is 9.70. The summed E-state index contributed by atoms with van der Waals surface area (Å²) in [5.74, 6) is 0. The highest BCUT2D eigenvalue weighted by Gasteiger charge is 2.16. The zero-order chi connectivity index (χ0) is 61.2. The van der Waals surface area contributed by atoms with Crippen molar-refractivity contribution in [3.63, 3.8) is 0 Å². The van der Waals surface area contributed by atoms with Crippen molar-refractivity contribution in [3.05, 3.63) is 212 Å². The van der Waals surface area contributed by atoms with Crippen molar-refractivity contribution in [1.29, 1.82) is 0 Å². The summed E-state index contributed by atoms with van der Waals surface area (Å²) >= 11 is 0. The second-order valence-electron chi connectivity index (χ2n) is 11.4. The summed E-state index contributed by atoms with van der Waals surface area (Å²) in [6, 6.07) is -19.0. The van der Waals surface area contributed by atoms with Gasteiger partial charge in [0.1, 0.15) is 0 Å². The molecule has 0 amide bonds. The van der Waals surface area contributed by atoms with E-state index in [1.54, 1.807) is 0 Å². The van der Waals surface area contributed by atoms with Crippen molar-refractivity contribution in [2.45, 2.75) is 0 Å². The van der Waals surface area contributed by atoms with E-state index >= 15 is 0 Å². The third kappa shape index (κ3) is 5.51. The van der Waals surface area contributed by atoms with Crippen molar-refractivity contribution in [3.8, 4) is 33.4 Å². The van der Waals surface area contributed by atoms with Crippen LogP contribution in [0.2, 0.25) is 0 Å². The molecule has 10 aromatic rings. The molecule has 0 saturated heterocycles. The van der Waals surface area contributed by atoms with Gasteiger partial charge in [0.05, 0.1) is 41.1 Å². The minimum Gasteiger partial charge on any atom is -0.311 e. The van der Waals surface area contributed by atoms with E-state index in [2.05, 4.69) is 0 Å². The molecule has 0 aliphatic carbocycles. The first kappa shape index (κ1) is 12.9. The predicted octanol–water partition coefficient (Wildman–Crippen LogP) is 14.8. The van der Waals surface area contributed by atoms with Gasteiger partial charge in [0, 0.05) is 17.1 Å². The molecule has 0 unspecified atom stereocenters. The van der Waals surface area contributed by atoms with Gasteiger partial charge in [-0.15, -0.1) is 0 Å². The lowest BCUT2D eigenvalue weighted by atomic mass is 9.93. The normalized spacial score (nSPS) is 19.3. The largest absolute Gasteiger partial charge is 0.311 e. The Morgan fingerprint density at radius 2 is 0.679 bits per heavy atom. The highest BCUT2D eigenvalue weighted by atomic mass is 15.1. The van der Waals surface area contributed by atoms with Crippen molar-refractivity contribution in [1.82, 2.24) is 0 Å². The lowest BCUT2D eigenvalue weighted by molar-refractivity contribution is 1.28. The Morgan fingerprint density at radius 3 is 1.21 bits per heavy atom. The molecule has 53 heavy (non-hydrogen) atoms. The predicted molar refractivity (Wildman–Crippen MR) is 227 cm³/mol. The Balaban J connectivity index is 1.32. The van der Waals surface area contributed by atoms with Crippen LogP contribution in [0.1, 0.15) is 41.1 Å². The van der Waals surface area contributed by atoms with Crippen molar-refractivity contribution in [2.75, 3.05) is 4.90 Å². The van der Waals surface area contributed by atoms with E-state index in [0.717, 1.165) is 35.2 Å². The Hall–Kier alpha value is -6.96. The first-order valence-electron chi connectivity index (χ1n) is 30.8. The molecule has 0 atom stereocenters. The van der Waals surface area contributed by atoms with Gasteiger partial charge in [-0.2, -0.15) is 0 Å². The number of nitrogens with zero attached hydrogens (tertiary/aromatic N) is 1. The molecule has 0 aliphatic rings. The first-order chi connectivity index (χ1) is 38.8. The molecule has 248 valence electrons. The molecule has 0 saturated carbocycles. The fraction of sp³-hybridized carbons (Fsp3) is 0. The zero-order valence-corrected chi connectivity index (χ0v) is 26.8. The van der Waals surface area contributed by atoms with E-state index in [9.17, 15) is 12.3 Å². The molecule has 0 aliphatic heterocycles. The summed E-state index contributed by atoms with van der Waals surface area (Å²) < 4.78 is 267. The molecule has 0 fully saturated rings. The number of anilines is 3. The smallest absolute Gasteiger partial charge is 0.0645 e. The van der Waals surface area contributed by atoms with Crippen molar-refractivity contribution >= 4 is 60.2 Å². The summed E-state index contributed by atoms with van der Waals surface area (Å²) in [4.78, 5) is 0.879. The first-order valence-corrected chi connectivity index (χ1v) is 15.8.